The first-order valence-corrected chi connectivity index (χ1v) is 6.72. The standard InChI is InChI=1S/C12H13F2NO.C2H6.CH2O2/c1-3-4-15-7(2)5-8-11(14)10(16)6-9(13)12(8)15;1-2;2-1-3/h5-6,16H,3-4H2,1-2H3;1-2H3;1H,(H,2,3). The molecule has 0 spiro atoms. The number of phenols is 1. The monoisotopic (exact) mass is 301 g/mol. The molecule has 1 aromatic carbocycles. The fourth-order valence-corrected chi connectivity index (χ4v) is 2.00. The minimum atomic E-state index is -0.755. The second-order valence-electron chi connectivity index (χ2n) is 4.00. The van der Waals surface area contributed by atoms with Crippen molar-refractivity contribution >= 4 is 17.4 Å². The molecule has 0 saturated heterocycles. The molecule has 1 heterocycles. The van der Waals surface area contributed by atoms with Crippen LogP contribution in [0, 0.1) is 18.6 Å². The first-order chi connectivity index (χ1) is 9.97. The molecule has 21 heavy (non-hydrogen) atoms. The van der Waals surface area contributed by atoms with Gasteiger partial charge in [-0.3, -0.25) is 4.79 Å². The summed E-state index contributed by atoms with van der Waals surface area (Å²) in [5.74, 6) is -1.98. The lowest BCUT2D eigenvalue weighted by molar-refractivity contribution is -0.122. The molecule has 4 nitrogen and oxygen atoms in total. The van der Waals surface area contributed by atoms with Gasteiger partial charge < -0.3 is 14.8 Å². The highest BCUT2D eigenvalue weighted by Crippen LogP contribution is 2.30. The van der Waals surface area contributed by atoms with E-state index in [0.29, 0.717) is 6.54 Å². The molecule has 6 heteroatoms. The normalized spacial score (nSPS) is 9.43. The van der Waals surface area contributed by atoms with Crippen LogP contribution in [-0.4, -0.2) is 21.3 Å². The van der Waals surface area contributed by atoms with E-state index in [0.717, 1.165) is 18.2 Å². The largest absolute Gasteiger partial charge is 0.505 e. The topological polar surface area (TPSA) is 62.5 Å². The summed E-state index contributed by atoms with van der Waals surface area (Å²) in [5.41, 5.74) is 1.02. The molecular weight excluding hydrogens is 280 g/mol. The number of hydrogen-bond donors (Lipinski definition) is 2. The summed E-state index contributed by atoms with van der Waals surface area (Å²) in [6, 6.07) is 2.38. The van der Waals surface area contributed by atoms with E-state index >= 15 is 0 Å². The third-order valence-corrected chi connectivity index (χ3v) is 2.70. The van der Waals surface area contributed by atoms with E-state index in [-0.39, 0.29) is 17.4 Å². The lowest BCUT2D eigenvalue weighted by Gasteiger charge is -2.07. The Hall–Kier alpha value is -2.11. The maximum atomic E-state index is 13.7. The van der Waals surface area contributed by atoms with Crippen LogP contribution in [0.2, 0.25) is 0 Å². The summed E-state index contributed by atoms with van der Waals surface area (Å²) < 4.78 is 29.0. The van der Waals surface area contributed by atoms with Crippen molar-refractivity contribution in [3.63, 3.8) is 0 Å². The number of nitrogens with zero attached hydrogens (tertiary/aromatic N) is 1. The molecule has 0 aliphatic heterocycles. The van der Waals surface area contributed by atoms with Gasteiger partial charge in [0.2, 0.25) is 0 Å². The van der Waals surface area contributed by atoms with Gasteiger partial charge in [-0.15, -0.1) is 0 Å². The Balaban J connectivity index is 0.000000713. The van der Waals surface area contributed by atoms with Gasteiger partial charge in [-0.05, 0) is 19.4 Å². The molecule has 0 aliphatic carbocycles. The summed E-state index contributed by atoms with van der Waals surface area (Å²) in [6.45, 7) is 8.15. The van der Waals surface area contributed by atoms with Crippen LogP contribution < -0.4 is 0 Å². The zero-order valence-electron chi connectivity index (χ0n) is 12.7. The molecule has 0 radical (unpaired) electrons. The summed E-state index contributed by atoms with van der Waals surface area (Å²) in [5, 5.41) is 16.2. The average molecular weight is 301 g/mol. The van der Waals surface area contributed by atoms with E-state index < -0.39 is 17.4 Å². The highest BCUT2D eigenvalue weighted by molar-refractivity contribution is 5.84. The third kappa shape index (κ3) is 4.18. The molecular formula is C15H21F2NO3. The smallest absolute Gasteiger partial charge is 0.290 e. The van der Waals surface area contributed by atoms with Crippen LogP contribution in [0.25, 0.3) is 10.9 Å². The molecule has 2 rings (SSSR count). The number of aryl methyl sites for hydroxylation is 2. The van der Waals surface area contributed by atoms with E-state index in [1.165, 1.54) is 0 Å². The summed E-state index contributed by atoms with van der Waals surface area (Å²) in [7, 11) is 0. The van der Waals surface area contributed by atoms with Crippen LogP contribution in [0.15, 0.2) is 12.1 Å². The van der Waals surface area contributed by atoms with Crippen LogP contribution in [-0.2, 0) is 11.3 Å². The highest BCUT2D eigenvalue weighted by atomic mass is 19.1. The van der Waals surface area contributed by atoms with Gasteiger partial charge in [0, 0.05) is 23.7 Å². The number of phenolic OH excluding ortho intramolecular Hbond substituents is 1. The van der Waals surface area contributed by atoms with Gasteiger partial charge >= 0.3 is 0 Å². The molecule has 2 N–H and O–H groups in total. The lowest BCUT2D eigenvalue weighted by Crippen LogP contribution is -2.00. The molecule has 1 aromatic heterocycles. The van der Waals surface area contributed by atoms with Gasteiger partial charge in [-0.1, -0.05) is 20.8 Å². The minimum absolute atomic E-state index is 0.142. The van der Waals surface area contributed by atoms with Gasteiger partial charge in [0.25, 0.3) is 6.47 Å². The van der Waals surface area contributed by atoms with Gasteiger partial charge in [-0.2, -0.15) is 0 Å². The molecule has 118 valence electrons. The number of aromatic hydroxyl groups is 1. The van der Waals surface area contributed by atoms with E-state index in [1.807, 2.05) is 20.8 Å². The van der Waals surface area contributed by atoms with Gasteiger partial charge in [0.1, 0.15) is 0 Å². The number of carbonyl (C=O) groups is 1. The zero-order chi connectivity index (χ0) is 16.6. The minimum Gasteiger partial charge on any atom is -0.505 e. The molecule has 2 aromatic rings. The molecule has 0 bridgehead atoms. The Bertz CT molecular complexity index is 594. The Kier molecular flexibility index (Phi) is 8.04. The van der Waals surface area contributed by atoms with Crippen LogP contribution >= 0.6 is 0 Å². The van der Waals surface area contributed by atoms with Crippen LogP contribution in [0.4, 0.5) is 8.78 Å². The van der Waals surface area contributed by atoms with E-state index in [1.54, 1.807) is 17.6 Å². The summed E-state index contributed by atoms with van der Waals surface area (Å²) >= 11 is 0. The predicted molar refractivity (Wildman–Crippen MR) is 78.6 cm³/mol. The lowest BCUT2D eigenvalue weighted by atomic mass is 10.2. The molecule has 0 saturated carbocycles. The Morgan fingerprint density at radius 1 is 1.29 bits per heavy atom. The predicted octanol–water partition coefficient (Wildman–Crippen LogP) is 4.07. The number of carboxylic acid groups (broad SMARTS) is 1. The number of hydrogen-bond acceptors (Lipinski definition) is 2. The molecule has 0 amide bonds. The fraction of sp³-hybridized carbons (Fsp3) is 0.400. The third-order valence-electron chi connectivity index (χ3n) is 2.70. The van der Waals surface area contributed by atoms with E-state index in [2.05, 4.69) is 0 Å². The average Bonchev–Trinajstić information content (AvgIpc) is 2.78. The number of fused-ring (bicyclic) bond motifs is 1. The van der Waals surface area contributed by atoms with Crippen molar-refractivity contribution in [1.82, 2.24) is 4.57 Å². The van der Waals surface area contributed by atoms with Crippen molar-refractivity contribution in [3.8, 4) is 5.75 Å². The van der Waals surface area contributed by atoms with Crippen molar-refractivity contribution < 1.29 is 23.8 Å². The zero-order valence-corrected chi connectivity index (χ0v) is 12.7. The summed E-state index contributed by atoms with van der Waals surface area (Å²) in [4.78, 5) is 8.36. The maximum absolute atomic E-state index is 13.7. The number of rotatable bonds is 2. The first-order valence-electron chi connectivity index (χ1n) is 6.72. The van der Waals surface area contributed by atoms with Crippen LogP contribution in [0.5, 0.6) is 5.75 Å². The van der Waals surface area contributed by atoms with Crippen molar-refractivity contribution in [1.29, 1.82) is 0 Å². The fourth-order valence-electron chi connectivity index (χ4n) is 2.00. The van der Waals surface area contributed by atoms with Crippen molar-refractivity contribution in [2.45, 2.75) is 40.7 Å². The maximum Gasteiger partial charge on any atom is 0.290 e. The second-order valence-corrected chi connectivity index (χ2v) is 4.00. The van der Waals surface area contributed by atoms with Gasteiger partial charge in [0.15, 0.2) is 17.4 Å². The van der Waals surface area contributed by atoms with Crippen molar-refractivity contribution in [2.75, 3.05) is 0 Å². The quantitative estimate of drug-likeness (QED) is 0.822. The molecule has 0 atom stereocenters. The Labute approximate surface area is 122 Å². The van der Waals surface area contributed by atoms with Crippen molar-refractivity contribution in [3.05, 3.63) is 29.5 Å². The SMILES string of the molecule is CC.CCCn1c(C)cc2c(F)c(O)cc(F)c21.O=CO. The number of aromatic nitrogens is 1. The van der Waals surface area contributed by atoms with E-state index in [9.17, 15) is 13.9 Å². The molecule has 0 unspecified atom stereocenters. The van der Waals surface area contributed by atoms with Crippen LogP contribution in [0.3, 0.4) is 0 Å². The van der Waals surface area contributed by atoms with Gasteiger partial charge in [0.05, 0.1) is 5.52 Å². The number of benzene rings is 1. The van der Waals surface area contributed by atoms with E-state index in [4.69, 9.17) is 9.90 Å². The van der Waals surface area contributed by atoms with Gasteiger partial charge in [-0.25, -0.2) is 8.78 Å². The summed E-state index contributed by atoms with van der Waals surface area (Å²) in [6.07, 6.45) is 0.840. The second kappa shape index (κ2) is 8.94. The Morgan fingerprint density at radius 2 is 1.81 bits per heavy atom. The van der Waals surface area contributed by atoms with Crippen LogP contribution in [0.1, 0.15) is 32.9 Å². The van der Waals surface area contributed by atoms with Crippen molar-refractivity contribution in [2.24, 2.45) is 0 Å². The molecule has 0 aliphatic rings. The Morgan fingerprint density at radius 3 is 2.29 bits per heavy atom. The number of halogens is 2. The molecule has 0 fully saturated rings. The highest BCUT2D eigenvalue weighted by Gasteiger charge is 2.16. The first kappa shape index (κ1) is 18.9.